The molecular formula is C14H11BrN2O2S2. The normalized spacial score (nSPS) is 21.0. The number of halogens is 1. The van der Waals surface area contributed by atoms with Crippen molar-refractivity contribution in [2.24, 2.45) is 0 Å². The van der Waals surface area contributed by atoms with Gasteiger partial charge in [-0.3, -0.25) is 9.59 Å². The average Bonchev–Trinajstić information content (AvgIpc) is 2.88. The summed E-state index contributed by atoms with van der Waals surface area (Å²) in [5.41, 5.74) is 2.08. The molecule has 2 aliphatic heterocycles. The summed E-state index contributed by atoms with van der Waals surface area (Å²) >= 11 is 9.59. The van der Waals surface area contributed by atoms with Gasteiger partial charge >= 0.3 is 0 Å². The maximum atomic E-state index is 12.7. The van der Waals surface area contributed by atoms with E-state index in [0.29, 0.717) is 21.3 Å². The van der Waals surface area contributed by atoms with Crippen LogP contribution in [0.2, 0.25) is 0 Å². The van der Waals surface area contributed by atoms with Crippen LogP contribution in [0.25, 0.3) is 5.57 Å². The van der Waals surface area contributed by atoms with Gasteiger partial charge in [0.1, 0.15) is 4.32 Å². The van der Waals surface area contributed by atoms with E-state index in [-0.39, 0.29) is 11.8 Å². The second kappa shape index (κ2) is 5.55. The Morgan fingerprint density at radius 2 is 2.14 bits per heavy atom. The van der Waals surface area contributed by atoms with Gasteiger partial charge in [-0.2, -0.15) is 0 Å². The van der Waals surface area contributed by atoms with E-state index in [2.05, 4.69) is 21.2 Å². The third-order valence-electron chi connectivity index (χ3n) is 3.27. The third kappa shape index (κ3) is 2.43. The van der Waals surface area contributed by atoms with Gasteiger partial charge in [-0.25, -0.2) is 0 Å². The number of hydrogen-bond donors (Lipinski definition) is 1. The molecule has 1 aromatic rings. The largest absolute Gasteiger partial charge is 0.308 e. The Hall–Kier alpha value is -1.18. The topological polar surface area (TPSA) is 49.4 Å². The highest BCUT2D eigenvalue weighted by Gasteiger charge is 2.38. The number of nitrogens with one attached hydrogen (secondary N) is 1. The molecule has 3 rings (SSSR count). The first kappa shape index (κ1) is 14.7. The average molecular weight is 383 g/mol. The summed E-state index contributed by atoms with van der Waals surface area (Å²) in [6, 6.07) is 5.67. The monoisotopic (exact) mass is 382 g/mol. The molecule has 2 heterocycles. The molecule has 21 heavy (non-hydrogen) atoms. The highest BCUT2D eigenvalue weighted by atomic mass is 79.9. The van der Waals surface area contributed by atoms with Crippen molar-refractivity contribution in [1.82, 2.24) is 5.32 Å². The van der Waals surface area contributed by atoms with Crippen molar-refractivity contribution in [2.75, 3.05) is 11.4 Å². The van der Waals surface area contributed by atoms with Crippen LogP contribution in [0.1, 0.15) is 18.9 Å². The van der Waals surface area contributed by atoms with Gasteiger partial charge < -0.3 is 10.2 Å². The molecule has 1 N–H and O–H groups in total. The fourth-order valence-corrected chi connectivity index (χ4v) is 3.92. The standard InChI is InChI=1S/C14H11BrN2O2S2/c1-2-5-17-9-4-3-7(15)6-8(9)10(13(17)19)11-12(18)16-14(20)21-11/h3-4,6H,2,5H2,1H3,(H,16,18,20)/b11-10+. The second-order valence-electron chi connectivity index (χ2n) is 4.67. The Kier molecular flexibility index (Phi) is 3.90. The van der Waals surface area contributed by atoms with E-state index >= 15 is 0 Å². The fraction of sp³-hybridized carbons (Fsp3) is 0.214. The molecule has 7 heteroatoms. The van der Waals surface area contributed by atoms with Crippen molar-refractivity contribution in [3.63, 3.8) is 0 Å². The molecule has 4 nitrogen and oxygen atoms in total. The number of amides is 2. The quantitative estimate of drug-likeness (QED) is 0.630. The minimum atomic E-state index is -0.294. The van der Waals surface area contributed by atoms with Crippen LogP contribution in [-0.2, 0) is 9.59 Å². The number of hydrogen-bond acceptors (Lipinski definition) is 4. The summed E-state index contributed by atoms with van der Waals surface area (Å²) in [4.78, 5) is 26.8. The summed E-state index contributed by atoms with van der Waals surface area (Å²) in [6.07, 6.45) is 0.849. The van der Waals surface area contributed by atoms with E-state index in [9.17, 15) is 9.59 Å². The molecule has 2 amide bonds. The number of rotatable bonds is 2. The van der Waals surface area contributed by atoms with Crippen LogP contribution in [0.5, 0.6) is 0 Å². The minimum Gasteiger partial charge on any atom is -0.308 e. The van der Waals surface area contributed by atoms with Crippen LogP contribution in [-0.4, -0.2) is 22.7 Å². The van der Waals surface area contributed by atoms with Crippen LogP contribution in [0.15, 0.2) is 27.6 Å². The van der Waals surface area contributed by atoms with Gasteiger partial charge in [-0.05, 0) is 24.6 Å². The van der Waals surface area contributed by atoms with Gasteiger partial charge in [-0.15, -0.1) is 0 Å². The Morgan fingerprint density at radius 3 is 2.76 bits per heavy atom. The zero-order valence-electron chi connectivity index (χ0n) is 11.1. The van der Waals surface area contributed by atoms with Crippen LogP contribution >= 0.6 is 39.9 Å². The van der Waals surface area contributed by atoms with Gasteiger partial charge in [0, 0.05) is 16.6 Å². The van der Waals surface area contributed by atoms with Crippen LogP contribution < -0.4 is 10.2 Å². The molecule has 0 saturated carbocycles. The maximum absolute atomic E-state index is 12.7. The number of thioether (sulfide) groups is 1. The molecule has 0 spiro atoms. The molecule has 0 radical (unpaired) electrons. The molecule has 0 bridgehead atoms. The number of fused-ring (bicyclic) bond motifs is 1. The van der Waals surface area contributed by atoms with Gasteiger partial charge in [0.05, 0.1) is 16.2 Å². The van der Waals surface area contributed by atoms with Crippen molar-refractivity contribution >= 4 is 67.3 Å². The zero-order chi connectivity index (χ0) is 15.1. The maximum Gasteiger partial charge on any atom is 0.264 e. The predicted molar refractivity (Wildman–Crippen MR) is 92.0 cm³/mol. The summed E-state index contributed by atoms with van der Waals surface area (Å²) in [7, 11) is 0. The number of nitrogens with zero attached hydrogens (tertiary/aromatic N) is 1. The lowest BCUT2D eigenvalue weighted by Gasteiger charge is -2.15. The molecule has 0 aromatic heterocycles. The van der Waals surface area contributed by atoms with E-state index in [1.807, 2.05) is 25.1 Å². The van der Waals surface area contributed by atoms with Gasteiger partial charge in [0.15, 0.2) is 0 Å². The highest BCUT2D eigenvalue weighted by molar-refractivity contribution is 9.10. The zero-order valence-corrected chi connectivity index (χ0v) is 14.3. The summed E-state index contributed by atoms with van der Waals surface area (Å²) in [5.74, 6) is -0.426. The first-order valence-corrected chi connectivity index (χ1v) is 8.44. The van der Waals surface area contributed by atoms with Crippen molar-refractivity contribution in [3.05, 3.63) is 33.1 Å². The van der Waals surface area contributed by atoms with E-state index in [1.165, 1.54) is 0 Å². The molecular weight excluding hydrogens is 372 g/mol. The first-order valence-electron chi connectivity index (χ1n) is 6.42. The van der Waals surface area contributed by atoms with E-state index in [0.717, 1.165) is 33.9 Å². The van der Waals surface area contributed by atoms with Crippen molar-refractivity contribution in [1.29, 1.82) is 0 Å². The molecule has 0 unspecified atom stereocenters. The van der Waals surface area contributed by atoms with E-state index < -0.39 is 0 Å². The van der Waals surface area contributed by atoms with Gasteiger partial charge in [-0.1, -0.05) is 46.8 Å². The van der Waals surface area contributed by atoms with Crippen LogP contribution in [0.4, 0.5) is 5.69 Å². The van der Waals surface area contributed by atoms with Crippen molar-refractivity contribution in [2.45, 2.75) is 13.3 Å². The van der Waals surface area contributed by atoms with E-state index in [4.69, 9.17) is 12.2 Å². The summed E-state index contributed by atoms with van der Waals surface area (Å²) in [5, 5.41) is 2.57. The van der Waals surface area contributed by atoms with Crippen molar-refractivity contribution in [3.8, 4) is 0 Å². The Morgan fingerprint density at radius 1 is 1.38 bits per heavy atom. The van der Waals surface area contributed by atoms with Crippen molar-refractivity contribution < 1.29 is 9.59 Å². The van der Waals surface area contributed by atoms with Gasteiger partial charge in [0.2, 0.25) is 0 Å². The second-order valence-corrected chi connectivity index (χ2v) is 7.27. The molecule has 0 atom stereocenters. The SMILES string of the molecule is CCCN1C(=O)/C(=C2/SC(=S)NC2=O)c2cc(Br)ccc21. The fourth-order valence-electron chi connectivity index (χ4n) is 2.45. The number of anilines is 1. The number of carbonyl (C=O) groups is 2. The van der Waals surface area contributed by atoms with E-state index in [1.54, 1.807) is 4.90 Å². The first-order chi connectivity index (χ1) is 10.0. The lowest BCUT2D eigenvalue weighted by Crippen LogP contribution is -2.27. The number of benzene rings is 1. The molecule has 108 valence electrons. The lowest BCUT2D eigenvalue weighted by molar-refractivity contribution is -0.116. The third-order valence-corrected chi connectivity index (χ3v) is 5.00. The predicted octanol–water partition coefficient (Wildman–Crippen LogP) is 3.06. The Bertz CT molecular complexity index is 715. The number of carbonyl (C=O) groups excluding carboxylic acids is 2. The highest BCUT2D eigenvalue weighted by Crippen LogP contribution is 2.43. The molecule has 1 saturated heterocycles. The minimum absolute atomic E-state index is 0.132. The molecule has 1 fully saturated rings. The Balaban J connectivity index is 2.21. The molecule has 2 aliphatic rings. The number of thiocarbonyl (C=S) groups is 1. The smallest absolute Gasteiger partial charge is 0.264 e. The summed E-state index contributed by atoms with van der Waals surface area (Å²) in [6.45, 7) is 2.64. The lowest BCUT2D eigenvalue weighted by atomic mass is 10.1. The van der Waals surface area contributed by atoms with Gasteiger partial charge in [0.25, 0.3) is 11.8 Å². The van der Waals surface area contributed by atoms with Crippen LogP contribution in [0.3, 0.4) is 0 Å². The molecule has 1 aromatic carbocycles. The van der Waals surface area contributed by atoms with Crippen LogP contribution in [0, 0.1) is 0 Å². The Labute approximate surface area is 140 Å². The molecule has 0 aliphatic carbocycles. The summed E-state index contributed by atoms with van der Waals surface area (Å²) < 4.78 is 1.26.